The summed E-state index contributed by atoms with van der Waals surface area (Å²) in [5, 5.41) is 12.6. The van der Waals surface area contributed by atoms with E-state index in [9.17, 15) is 14.7 Å². The molecule has 2 unspecified atom stereocenters. The van der Waals surface area contributed by atoms with Gasteiger partial charge in [0.15, 0.2) is 0 Å². The van der Waals surface area contributed by atoms with Crippen LogP contribution in [-0.4, -0.2) is 29.2 Å². The van der Waals surface area contributed by atoms with E-state index in [1.807, 2.05) is 6.92 Å². The number of rotatable bonds is 3. The van der Waals surface area contributed by atoms with Crippen LogP contribution in [0.3, 0.4) is 0 Å². The van der Waals surface area contributed by atoms with Gasteiger partial charge in [-0.15, -0.1) is 11.3 Å². The van der Waals surface area contributed by atoms with Gasteiger partial charge in [0.25, 0.3) is 5.91 Å². The molecule has 0 aromatic carbocycles. The molecule has 2 heterocycles. The highest BCUT2D eigenvalue weighted by Gasteiger charge is 2.31. The van der Waals surface area contributed by atoms with Crippen molar-refractivity contribution in [3.05, 3.63) is 16.0 Å². The van der Waals surface area contributed by atoms with Gasteiger partial charge in [0.1, 0.15) is 11.1 Å². The predicted molar refractivity (Wildman–Crippen MR) is 75.5 cm³/mol. The van der Waals surface area contributed by atoms with Crippen LogP contribution in [0.15, 0.2) is 0 Å². The number of fused-ring (bicyclic) bond motifs is 1. The van der Waals surface area contributed by atoms with Crippen molar-refractivity contribution in [2.75, 3.05) is 5.32 Å². The molecule has 1 amide bonds. The zero-order valence-electron chi connectivity index (χ0n) is 11.3. The van der Waals surface area contributed by atoms with Crippen LogP contribution in [0.5, 0.6) is 0 Å². The number of carboxylic acids is 1. The third-order valence-corrected chi connectivity index (χ3v) is 5.10. The first kappa shape index (κ1) is 13.6. The largest absolute Gasteiger partial charge is 0.478 e. The number of ether oxygens (including phenoxy) is 1. The van der Waals surface area contributed by atoms with Gasteiger partial charge in [0.05, 0.1) is 11.7 Å². The average molecular weight is 295 g/mol. The van der Waals surface area contributed by atoms with Gasteiger partial charge < -0.3 is 15.2 Å². The van der Waals surface area contributed by atoms with Crippen molar-refractivity contribution in [1.82, 2.24) is 0 Å². The predicted octanol–water partition coefficient (Wildman–Crippen LogP) is 2.44. The van der Waals surface area contributed by atoms with Gasteiger partial charge in [0, 0.05) is 4.88 Å². The van der Waals surface area contributed by atoms with E-state index in [1.165, 1.54) is 11.3 Å². The molecule has 2 aliphatic rings. The molecule has 1 fully saturated rings. The molecule has 1 aromatic heterocycles. The number of thiophene rings is 1. The maximum absolute atomic E-state index is 12.1. The van der Waals surface area contributed by atoms with Gasteiger partial charge in [-0.2, -0.15) is 0 Å². The Bertz CT molecular complexity index is 566. The summed E-state index contributed by atoms with van der Waals surface area (Å²) in [5.74, 6) is -1.18. The summed E-state index contributed by atoms with van der Waals surface area (Å²) in [5.41, 5.74) is 1.18. The Kier molecular flexibility index (Phi) is 3.52. The second kappa shape index (κ2) is 5.18. The van der Waals surface area contributed by atoms with Crippen LogP contribution in [0.25, 0.3) is 0 Å². The highest BCUT2D eigenvalue weighted by Crippen LogP contribution is 2.39. The molecule has 0 spiro atoms. The Hall–Kier alpha value is -1.40. The highest BCUT2D eigenvalue weighted by atomic mass is 32.1. The van der Waals surface area contributed by atoms with Gasteiger partial charge in [-0.05, 0) is 44.6 Å². The highest BCUT2D eigenvalue weighted by molar-refractivity contribution is 7.17. The van der Waals surface area contributed by atoms with Crippen LogP contribution in [0.1, 0.15) is 47.0 Å². The molecule has 0 saturated carbocycles. The number of hydrogen-bond donors (Lipinski definition) is 2. The summed E-state index contributed by atoms with van der Waals surface area (Å²) in [6.45, 7) is 1.94. The molecule has 1 aromatic rings. The van der Waals surface area contributed by atoms with Crippen LogP contribution < -0.4 is 5.32 Å². The lowest BCUT2D eigenvalue weighted by atomic mass is 10.1. The second-order valence-corrected chi connectivity index (χ2v) is 6.47. The number of nitrogens with one attached hydrogen (secondary N) is 1. The van der Waals surface area contributed by atoms with Crippen molar-refractivity contribution >= 4 is 28.2 Å². The Morgan fingerprint density at radius 1 is 1.35 bits per heavy atom. The first-order valence-electron chi connectivity index (χ1n) is 6.90. The monoisotopic (exact) mass is 295 g/mol. The molecule has 20 heavy (non-hydrogen) atoms. The Morgan fingerprint density at radius 2 is 2.15 bits per heavy atom. The molecule has 1 aliphatic heterocycles. The fourth-order valence-electron chi connectivity index (χ4n) is 2.91. The lowest BCUT2D eigenvalue weighted by Crippen LogP contribution is -2.28. The van der Waals surface area contributed by atoms with Gasteiger partial charge in [-0.25, -0.2) is 4.79 Å². The van der Waals surface area contributed by atoms with E-state index in [0.717, 1.165) is 36.1 Å². The minimum atomic E-state index is -0.958. The Labute approximate surface area is 120 Å². The number of aryl methyl sites for hydroxylation is 1. The molecular weight excluding hydrogens is 278 g/mol. The van der Waals surface area contributed by atoms with Crippen LogP contribution >= 0.6 is 11.3 Å². The Morgan fingerprint density at radius 3 is 2.80 bits per heavy atom. The fourth-order valence-corrected chi connectivity index (χ4v) is 4.19. The smallest absolute Gasteiger partial charge is 0.339 e. The topological polar surface area (TPSA) is 75.6 Å². The minimum absolute atomic E-state index is 0.0954. The van der Waals surface area contributed by atoms with Crippen molar-refractivity contribution in [3.8, 4) is 0 Å². The van der Waals surface area contributed by atoms with Crippen LogP contribution in [0, 0.1) is 0 Å². The summed E-state index contributed by atoms with van der Waals surface area (Å²) in [7, 11) is 0. The van der Waals surface area contributed by atoms with E-state index in [4.69, 9.17) is 4.74 Å². The summed E-state index contributed by atoms with van der Waals surface area (Å²) in [6, 6.07) is 0. The van der Waals surface area contributed by atoms with Crippen molar-refractivity contribution in [1.29, 1.82) is 0 Å². The maximum atomic E-state index is 12.1. The maximum Gasteiger partial charge on any atom is 0.339 e. The number of carboxylic acid groups (broad SMARTS) is 1. The van der Waals surface area contributed by atoms with Crippen molar-refractivity contribution < 1.29 is 19.4 Å². The number of carbonyl (C=O) groups excluding carboxylic acids is 1. The number of carbonyl (C=O) groups is 2. The molecule has 3 rings (SSSR count). The summed E-state index contributed by atoms with van der Waals surface area (Å²) >= 11 is 1.40. The molecule has 0 radical (unpaired) electrons. The average Bonchev–Trinajstić information content (AvgIpc) is 3.03. The lowest BCUT2D eigenvalue weighted by Gasteiger charge is -2.11. The van der Waals surface area contributed by atoms with Crippen LogP contribution in [0.2, 0.25) is 0 Å². The molecular formula is C14H17NO4S. The molecule has 1 aliphatic carbocycles. The normalized spacial score (nSPS) is 24.6. The van der Waals surface area contributed by atoms with Crippen molar-refractivity contribution in [3.63, 3.8) is 0 Å². The summed E-state index contributed by atoms with van der Waals surface area (Å²) in [6.07, 6.45) is 3.90. The van der Waals surface area contributed by atoms with Crippen molar-refractivity contribution in [2.45, 2.75) is 51.2 Å². The molecule has 0 bridgehead atoms. The van der Waals surface area contributed by atoms with Gasteiger partial charge in [0.2, 0.25) is 0 Å². The van der Waals surface area contributed by atoms with E-state index >= 15 is 0 Å². The zero-order valence-corrected chi connectivity index (χ0v) is 12.1. The lowest BCUT2D eigenvalue weighted by molar-refractivity contribution is -0.126. The summed E-state index contributed by atoms with van der Waals surface area (Å²) in [4.78, 5) is 24.7. The van der Waals surface area contributed by atoms with E-state index in [0.29, 0.717) is 11.4 Å². The fraction of sp³-hybridized carbons (Fsp3) is 0.571. The van der Waals surface area contributed by atoms with Crippen LogP contribution in [0.4, 0.5) is 5.00 Å². The van der Waals surface area contributed by atoms with Gasteiger partial charge in [-0.1, -0.05) is 0 Å². The number of anilines is 1. The van der Waals surface area contributed by atoms with E-state index in [-0.39, 0.29) is 17.6 Å². The number of aromatic carboxylic acids is 1. The van der Waals surface area contributed by atoms with E-state index in [2.05, 4.69) is 5.32 Å². The molecule has 2 atom stereocenters. The second-order valence-electron chi connectivity index (χ2n) is 5.37. The number of hydrogen-bond acceptors (Lipinski definition) is 4. The van der Waals surface area contributed by atoms with Gasteiger partial charge >= 0.3 is 5.97 Å². The first-order chi connectivity index (χ1) is 9.56. The van der Waals surface area contributed by atoms with Crippen molar-refractivity contribution in [2.24, 2.45) is 0 Å². The van der Waals surface area contributed by atoms with E-state index in [1.54, 1.807) is 0 Å². The van der Waals surface area contributed by atoms with Gasteiger partial charge in [-0.3, -0.25) is 4.79 Å². The molecule has 108 valence electrons. The minimum Gasteiger partial charge on any atom is -0.478 e. The zero-order chi connectivity index (χ0) is 14.3. The Balaban J connectivity index is 1.81. The molecule has 6 heteroatoms. The molecule has 1 saturated heterocycles. The number of amides is 1. The quantitative estimate of drug-likeness (QED) is 0.898. The first-order valence-corrected chi connectivity index (χ1v) is 7.72. The molecule has 5 nitrogen and oxygen atoms in total. The third-order valence-electron chi connectivity index (χ3n) is 3.90. The SMILES string of the molecule is CC1CCC(C(=O)Nc2sc3c(c2C(=O)O)CCC3)O1. The third kappa shape index (κ3) is 2.33. The van der Waals surface area contributed by atoms with Crippen LogP contribution in [-0.2, 0) is 22.4 Å². The molecule has 2 N–H and O–H groups in total. The van der Waals surface area contributed by atoms with E-state index < -0.39 is 12.1 Å². The summed E-state index contributed by atoms with van der Waals surface area (Å²) < 4.78 is 5.52. The standard InChI is InChI=1S/C14H17NO4S/c1-7-5-6-9(19-7)12(16)15-13-11(14(17)18)8-3-2-4-10(8)20-13/h7,9H,2-6H2,1H3,(H,15,16)(H,17,18).